The van der Waals surface area contributed by atoms with Crippen molar-refractivity contribution < 1.29 is 4.74 Å². The van der Waals surface area contributed by atoms with Crippen molar-refractivity contribution in [2.24, 2.45) is 11.7 Å². The quantitative estimate of drug-likeness (QED) is 0.794. The van der Waals surface area contributed by atoms with Crippen molar-refractivity contribution in [3.63, 3.8) is 0 Å². The van der Waals surface area contributed by atoms with E-state index < -0.39 is 0 Å². The van der Waals surface area contributed by atoms with Gasteiger partial charge in [0, 0.05) is 26.2 Å². The molecule has 2 fully saturated rings. The van der Waals surface area contributed by atoms with Gasteiger partial charge in [-0.3, -0.25) is 4.90 Å². The molecule has 1 heterocycles. The van der Waals surface area contributed by atoms with Crippen LogP contribution in [-0.2, 0) is 4.74 Å². The van der Waals surface area contributed by atoms with Crippen LogP contribution in [0.4, 0.5) is 0 Å². The molecule has 1 saturated heterocycles. The average Bonchev–Trinajstić information content (AvgIpc) is 2.67. The van der Waals surface area contributed by atoms with Crippen LogP contribution < -0.4 is 5.73 Å². The van der Waals surface area contributed by atoms with Crippen molar-refractivity contribution in [1.82, 2.24) is 4.90 Å². The smallest absolute Gasteiger partial charge is 0.0831 e. The predicted molar refractivity (Wildman–Crippen MR) is 66.4 cm³/mol. The fraction of sp³-hybridized carbons (Fsp3) is 1.00. The van der Waals surface area contributed by atoms with Crippen LogP contribution in [0.5, 0.6) is 0 Å². The van der Waals surface area contributed by atoms with Gasteiger partial charge < -0.3 is 10.5 Å². The van der Waals surface area contributed by atoms with Gasteiger partial charge >= 0.3 is 0 Å². The third kappa shape index (κ3) is 3.19. The highest BCUT2D eigenvalue weighted by Crippen LogP contribution is 2.28. The molecule has 1 unspecified atom stereocenters. The van der Waals surface area contributed by atoms with Gasteiger partial charge in [0.15, 0.2) is 0 Å². The average molecular weight is 226 g/mol. The lowest BCUT2D eigenvalue weighted by Gasteiger charge is -2.43. The summed E-state index contributed by atoms with van der Waals surface area (Å²) < 4.78 is 5.95. The third-order valence-corrected chi connectivity index (χ3v) is 3.81. The SMILES string of the molecule is CC1(C)CN(CC2CCCC2)CC(CN)O1. The molecule has 2 N–H and O–H groups in total. The summed E-state index contributed by atoms with van der Waals surface area (Å²) in [6, 6.07) is 0. The molecule has 2 rings (SSSR count). The van der Waals surface area contributed by atoms with Gasteiger partial charge in [-0.2, -0.15) is 0 Å². The van der Waals surface area contributed by atoms with Crippen LogP contribution in [0, 0.1) is 5.92 Å². The van der Waals surface area contributed by atoms with Gasteiger partial charge in [-0.1, -0.05) is 12.8 Å². The highest BCUT2D eigenvalue weighted by Gasteiger charge is 2.33. The largest absolute Gasteiger partial charge is 0.368 e. The first-order valence-electron chi connectivity index (χ1n) is 6.69. The number of hydrogen-bond donors (Lipinski definition) is 1. The first-order chi connectivity index (χ1) is 7.59. The van der Waals surface area contributed by atoms with Gasteiger partial charge in [-0.25, -0.2) is 0 Å². The molecule has 16 heavy (non-hydrogen) atoms. The second-order valence-electron chi connectivity index (χ2n) is 6.08. The molecular formula is C13H26N2O. The maximum atomic E-state index is 5.95. The van der Waals surface area contributed by atoms with Crippen LogP contribution in [0.25, 0.3) is 0 Å². The Labute approximate surface area is 99.3 Å². The molecule has 2 aliphatic rings. The van der Waals surface area contributed by atoms with Gasteiger partial charge in [0.25, 0.3) is 0 Å². The lowest BCUT2D eigenvalue weighted by molar-refractivity contribution is -0.134. The Hall–Kier alpha value is -0.120. The molecule has 0 aromatic carbocycles. The zero-order valence-electron chi connectivity index (χ0n) is 10.7. The van der Waals surface area contributed by atoms with E-state index in [1.807, 2.05) is 0 Å². The topological polar surface area (TPSA) is 38.5 Å². The zero-order valence-corrected chi connectivity index (χ0v) is 10.7. The molecule has 0 radical (unpaired) electrons. The van der Waals surface area contributed by atoms with Crippen molar-refractivity contribution in [1.29, 1.82) is 0 Å². The van der Waals surface area contributed by atoms with E-state index in [9.17, 15) is 0 Å². The minimum atomic E-state index is -0.0269. The van der Waals surface area contributed by atoms with Crippen molar-refractivity contribution >= 4 is 0 Å². The number of hydrogen-bond acceptors (Lipinski definition) is 3. The summed E-state index contributed by atoms with van der Waals surface area (Å²) in [6.07, 6.45) is 5.93. The highest BCUT2D eigenvalue weighted by atomic mass is 16.5. The number of morpholine rings is 1. The molecule has 1 saturated carbocycles. The Morgan fingerprint density at radius 3 is 2.62 bits per heavy atom. The molecule has 1 aliphatic carbocycles. The number of ether oxygens (including phenoxy) is 1. The molecular weight excluding hydrogens is 200 g/mol. The number of rotatable bonds is 3. The zero-order chi connectivity index (χ0) is 11.6. The molecule has 0 aromatic heterocycles. The van der Waals surface area contributed by atoms with Crippen LogP contribution in [0.3, 0.4) is 0 Å². The molecule has 94 valence electrons. The second-order valence-corrected chi connectivity index (χ2v) is 6.08. The van der Waals surface area contributed by atoms with E-state index in [-0.39, 0.29) is 11.7 Å². The summed E-state index contributed by atoms with van der Waals surface area (Å²) in [5.41, 5.74) is 5.72. The van der Waals surface area contributed by atoms with Crippen molar-refractivity contribution in [3.8, 4) is 0 Å². The summed E-state index contributed by atoms with van der Waals surface area (Å²) in [5, 5.41) is 0. The minimum absolute atomic E-state index is 0.0269. The maximum Gasteiger partial charge on any atom is 0.0831 e. The van der Waals surface area contributed by atoms with Gasteiger partial charge in [0.1, 0.15) is 0 Å². The third-order valence-electron chi connectivity index (χ3n) is 3.81. The fourth-order valence-electron chi connectivity index (χ4n) is 3.24. The standard InChI is InChI=1S/C13H26N2O/c1-13(2)10-15(9-12(7-14)16-13)8-11-5-3-4-6-11/h11-12H,3-10,14H2,1-2H3. The molecule has 1 aliphatic heterocycles. The minimum Gasteiger partial charge on any atom is -0.368 e. The van der Waals surface area contributed by atoms with Gasteiger partial charge in [-0.15, -0.1) is 0 Å². The van der Waals surface area contributed by atoms with Crippen molar-refractivity contribution in [2.75, 3.05) is 26.2 Å². The van der Waals surface area contributed by atoms with E-state index in [4.69, 9.17) is 10.5 Å². The summed E-state index contributed by atoms with van der Waals surface area (Å²) >= 11 is 0. The second kappa shape index (κ2) is 5.03. The first kappa shape index (κ1) is 12.3. The van der Waals surface area contributed by atoms with Crippen LogP contribution in [0.2, 0.25) is 0 Å². The monoisotopic (exact) mass is 226 g/mol. The van der Waals surface area contributed by atoms with E-state index in [1.54, 1.807) is 0 Å². The molecule has 3 heteroatoms. The molecule has 3 nitrogen and oxygen atoms in total. The van der Waals surface area contributed by atoms with Crippen LogP contribution in [0.15, 0.2) is 0 Å². The molecule has 0 bridgehead atoms. The van der Waals surface area contributed by atoms with Gasteiger partial charge in [-0.05, 0) is 32.6 Å². The van der Waals surface area contributed by atoms with Crippen LogP contribution in [0.1, 0.15) is 39.5 Å². The van der Waals surface area contributed by atoms with Crippen molar-refractivity contribution in [2.45, 2.75) is 51.2 Å². The van der Waals surface area contributed by atoms with E-state index in [0.29, 0.717) is 6.54 Å². The Morgan fingerprint density at radius 1 is 1.31 bits per heavy atom. The van der Waals surface area contributed by atoms with Gasteiger partial charge in [0.05, 0.1) is 11.7 Å². The summed E-state index contributed by atoms with van der Waals surface area (Å²) in [7, 11) is 0. The normalized spacial score (nSPS) is 32.1. The van der Waals surface area contributed by atoms with E-state index in [1.165, 1.54) is 32.2 Å². The fourth-order valence-corrected chi connectivity index (χ4v) is 3.24. The molecule has 0 spiro atoms. The van der Waals surface area contributed by atoms with Crippen LogP contribution in [-0.4, -0.2) is 42.8 Å². The Kier molecular flexibility index (Phi) is 3.88. The summed E-state index contributed by atoms with van der Waals surface area (Å²) in [5.74, 6) is 0.923. The Morgan fingerprint density at radius 2 is 2.00 bits per heavy atom. The van der Waals surface area contributed by atoms with E-state index in [0.717, 1.165) is 19.0 Å². The summed E-state index contributed by atoms with van der Waals surface area (Å²) in [6.45, 7) is 8.33. The van der Waals surface area contributed by atoms with E-state index in [2.05, 4.69) is 18.7 Å². The molecule has 0 amide bonds. The number of nitrogens with zero attached hydrogens (tertiary/aromatic N) is 1. The van der Waals surface area contributed by atoms with E-state index >= 15 is 0 Å². The van der Waals surface area contributed by atoms with Gasteiger partial charge in [0.2, 0.25) is 0 Å². The lowest BCUT2D eigenvalue weighted by atomic mass is 10.0. The highest BCUT2D eigenvalue weighted by molar-refractivity contribution is 4.86. The first-order valence-corrected chi connectivity index (χ1v) is 6.69. The summed E-state index contributed by atoms with van der Waals surface area (Å²) in [4.78, 5) is 2.57. The van der Waals surface area contributed by atoms with Crippen LogP contribution >= 0.6 is 0 Å². The predicted octanol–water partition coefficient (Wildman–Crippen LogP) is 1.61. The Balaban J connectivity index is 1.87. The maximum absolute atomic E-state index is 5.95. The lowest BCUT2D eigenvalue weighted by Crippen LogP contribution is -2.55. The van der Waals surface area contributed by atoms with Crippen molar-refractivity contribution in [3.05, 3.63) is 0 Å². The Bertz CT molecular complexity index is 224. The molecule has 1 atom stereocenters. The molecule has 0 aromatic rings. The number of nitrogens with two attached hydrogens (primary N) is 1.